The summed E-state index contributed by atoms with van der Waals surface area (Å²) in [6, 6.07) is 60.9. The van der Waals surface area contributed by atoms with E-state index in [1.807, 2.05) is 66.7 Å². The third-order valence-electron chi connectivity index (χ3n) is 10.2. The molecule has 7 heteroatoms. The zero-order chi connectivity index (χ0) is 37.0. The van der Waals surface area contributed by atoms with Gasteiger partial charge in [-0.2, -0.15) is 0 Å². The lowest BCUT2D eigenvalue weighted by molar-refractivity contribution is 1.08. The lowest BCUT2D eigenvalue weighted by Crippen LogP contribution is -2.00. The minimum atomic E-state index is 0.642. The Morgan fingerprint density at radius 2 is 0.893 bits per heavy atom. The Balaban J connectivity index is 1.13. The first-order valence-corrected chi connectivity index (χ1v) is 20.0. The first-order valence-electron chi connectivity index (χ1n) is 18.4. The summed E-state index contributed by atoms with van der Waals surface area (Å²) >= 11 is 3.53. The van der Waals surface area contributed by atoms with E-state index in [0.29, 0.717) is 23.3 Å². The molecular formula is C49H29N5S2. The zero-order valence-corrected chi connectivity index (χ0v) is 31.4. The Morgan fingerprint density at radius 1 is 0.321 bits per heavy atom. The van der Waals surface area contributed by atoms with Crippen molar-refractivity contribution in [2.45, 2.75) is 0 Å². The highest BCUT2D eigenvalue weighted by Crippen LogP contribution is 2.44. The van der Waals surface area contributed by atoms with Gasteiger partial charge in [0, 0.05) is 58.1 Å². The van der Waals surface area contributed by atoms with Crippen molar-refractivity contribution in [3.05, 3.63) is 176 Å². The number of aromatic nitrogens is 5. The average Bonchev–Trinajstić information content (AvgIpc) is 3.85. The molecule has 56 heavy (non-hydrogen) atoms. The van der Waals surface area contributed by atoms with E-state index in [1.165, 1.54) is 14.1 Å². The highest BCUT2D eigenvalue weighted by Gasteiger charge is 2.20. The molecule has 0 aliphatic rings. The Labute approximate surface area is 330 Å². The number of fused-ring (bicyclic) bond motifs is 6. The Morgan fingerprint density at radius 3 is 1.64 bits per heavy atom. The number of hydrogen-bond donors (Lipinski definition) is 0. The lowest BCUT2D eigenvalue weighted by atomic mass is 10.0. The van der Waals surface area contributed by atoms with Gasteiger partial charge in [-0.1, -0.05) is 146 Å². The highest BCUT2D eigenvalue weighted by molar-refractivity contribution is 7.26. The van der Waals surface area contributed by atoms with Gasteiger partial charge in [-0.3, -0.25) is 0 Å². The van der Waals surface area contributed by atoms with Crippen molar-refractivity contribution in [3.63, 3.8) is 0 Å². The molecule has 4 aromatic heterocycles. The summed E-state index contributed by atoms with van der Waals surface area (Å²) in [4.78, 5) is 25.8. The number of nitrogens with zero attached hydrogens (tertiary/aromatic N) is 5. The van der Waals surface area contributed by atoms with Crippen LogP contribution in [0.25, 0.3) is 108 Å². The monoisotopic (exact) mass is 751 g/mol. The summed E-state index contributed by atoms with van der Waals surface area (Å²) < 4.78 is 4.63. The van der Waals surface area contributed by atoms with Crippen molar-refractivity contribution >= 4 is 63.1 Å². The molecule has 262 valence electrons. The van der Waals surface area contributed by atoms with Crippen molar-refractivity contribution in [2.75, 3.05) is 0 Å². The van der Waals surface area contributed by atoms with Crippen LogP contribution >= 0.6 is 22.7 Å². The molecule has 0 fully saturated rings. The third-order valence-corrected chi connectivity index (χ3v) is 12.5. The molecule has 0 amide bonds. The molecule has 0 bridgehead atoms. The first-order chi connectivity index (χ1) is 27.7. The normalized spacial score (nSPS) is 11.6. The molecular weight excluding hydrogens is 723 g/mol. The summed E-state index contributed by atoms with van der Waals surface area (Å²) in [5, 5.41) is 3.40. The van der Waals surface area contributed by atoms with Crippen molar-refractivity contribution in [2.24, 2.45) is 0 Å². The second-order valence-corrected chi connectivity index (χ2v) is 15.8. The van der Waals surface area contributed by atoms with Gasteiger partial charge in [0.15, 0.2) is 23.3 Å². The molecule has 0 unspecified atom stereocenters. The van der Waals surface area contributed by atoms with E-state index in [9.17, 15) is 0 Å². The molecule has 5 nitrogen and oxygen atoms in total. The standard InChI is InChI=1S/C49H29N5S2/c1-4-14-30(15-5-1)33-20-12-21-35(28-33)48-50-43(45-44(51-48)36-22-10-11-24-39(36)56-45)34-26-27-40-38(29-34)42-37(23-13-25-41(42)55-40)49-53-46(31-16-6-2-7-17-31)52-47(54-49)32-18-8-3-9-19-32/h1-29H. The first kappa shape index (κ1) is 32.5. The van der Waals surface area contributed by atoms with Gasteiger partial charge in [-0.15, -0.1) is 22.7 Å². The van der Waals surface area contributed by atoms with Gasteiger partial charge in [0.1, 0.15) is 0 Å². The fraction of sp³-hybridized carbons (Fsp3) is 0. The van der Waals surface area contributed by atoms with Gasteiger partial charge in [0.05, 0.1) is 15.9 Å². The molecule has 0 atom stereocenters. The number of benzene rings is 7. The number of hydrogen-bond acceptors (Lipinski definition) is 7. The molecule has 0 saturated heterocycles. The molecule has 4 heterocycles. The molecule has 0 N–H and O–H groups in total. The van der Waals surface area contributed by atoms with E-state index in [-0.39, 0.29) is 0 Å². The van der Waals surface area contributed by atoms with Crippen LogP contribution in [0.2, 0.25) is 0 Å². The molecule has 11 rings (SSSR count). The quantitative estimate of drug-likeness (QED) is 0.169. The van der Waals surface area contributed by atoms with Gasteiger partial charge in [-0.25, -0.2) is 24.9 Å². The molecule has 0 radical (unpaired) electrons. The second-order valence-electron chi connectivity index (χ2n) is 13.6. The Bertz CT molecular complexity index is 3190. The lowest BCUT2D eigenvalue weighted by Gasteiger charge is -2.10. The van der Waals surface area contributed by atoms with Gasteiger partial charge >= 0.3 is 0 Å². The maximum atomic E-state index is 5.38. The van der Waals surface area contributed by atoms with E-state index >= 15 is 0 Å². The predicted octanol–water partition coefficient (Wildman–Crippen LogP) is 13.4. The third kappa shape index (κ3) is 5.64. The van der Waals surface area contributed by atoms with Crippen LogP contribution in [-0.2, 0) is 0 Å². The molecule has 7 aromatic carbocycles. The Hall–Kier alpha value is -6.93. The predicted molar refractivity (Wildman–Crippen MR) is 234 cm³/mol. The van der Waals surface area contributed by atoms with E-state index in [0.717, 1.165) is 71.0 Å². The summed E-state index contributed by atoms with van der Waals surface area (Å²) in [5.41, 5.74) is 9.06. The summed E-state index contributed by atoms with van der Waals surface area (Å²) in [5.74, 6) is 2.63. The van der Waals surface area contributed by atoms with Crippen LogP contribution in [0, 0.1) is 0 Å². The summed E-state index contributed by atoms with van der Waals surface area (Å²) in [7, 11) is 0. The number of thiophene rings is 2. The van der Waals surface area contributed by atoms with Crippen molar-refractivity contribution < 1.29 is 0 Å². The fourth-order valence-corrected chi connectivity index (χ4v) is 9.74. The zero-order valence-electron chi connectivity index (χ0n) is 29.8. The van der Waals surface area contributed by atoms with Crippen LogP contribution in [0.1, 0.15) is 0 Å². The van der Waals surface area contributed by atoms with Gasteiger partial charge in [0.2, 0.25) is 0 Å². The van der Waals surface area contributed by atoms with Gasteiger partial charge in [0.25, 0.3) is 0 Å². The van der Waals surface area contributed by atoms with Crippen LogP contribution in [-0.4, -0.2) is 24.9 Å². The van der Waals surface area contributed by atoms with Crippen molar-refractivity contribution in [3.8, 4) is 67.9 Å². The smallest absolute Gasteiger partial charge is 0.164 e. The number of rotatable bonds is 6. The SMILES string of the molecule is c1ccc(-c2cccc(-c3nc(-c4ccc5sc6cccc(-c7nc(-c8ccccc8)nc(-c8ccccc8)n7)c6c5c4)c4sc5ccccc5c4n3)c2)cc1. The van der Waals surface area contributed by atoms with Crippen LogP contribution < -0.4 is 0 Å². The fourth-order valence-electron chi connectivity index (χ4n) is 7.47. The van der Waals surface area contributed by atoms with Crippen molar-refractivity contribution in [1.29, 1.82) is 0 Å². The van der Waals surface area contributed by atoms with Crippen LogP contribution in [0.4, 0.5) is 0 Å². The minimum Gasteiger partial charge on any atom is -0.226 e. The average molecular weight is 752 g/mol. The van der Waals surface area contributed by atoms with Crippen LogP contribution in [0.3, 0.4) is 0 Å². The molecule has 0 saturated carbocycles. The maximum Gasteiger partial charge on any atom is 0.164 e. The molecule has 0 aliphatic carbocycles. The van der Waals surface area contributed by atoms with Gasteiger partial charge in [-0.05, 0) is 41.5 Å². The molecule has 0 aliphatic heterocycles. The molecule has 0 spiro atoms. The van der Waals surface area contributed by atoms with Crippen LogP contribution in [0.15, 0.2) is 176 Å². The topological polar surface area (TPSA) is 64.5 Å². The summed E-state index contributed by atoms with van der Waals surface area (Å²) in [6.45, 7) is 0. The molecule has 11 aromatic rings. The van der Waals surface area contributed by atoms with E-state index in [2.05, 4.69) is 109 Å². The summed E-state index contributed by atoms with van der Waals surface area (Å²) in [6.07, 6.45) is 0. The van der Waals surface area contributed by atoms with E-state index in [1.54, 1.807) is 22.7 Å². The van der Waals surface area contributed by atoms with E-state index in [4.69, 9.17) is 24.9 Å². The Kier molecular flexibility index (Phi) is 7.79. The maximum absolute atomic E-state index is 5.38. The second kappa shape index (κ2) is 13.4. The van der Waals surface area contributed by atoms with E-state index < -0.39 is 0 Å². The largest absolute Gasteiger partial charge is 0.226 e. The minimum absolute atomic E-state index is 0.642. The van der Waals surface area contributed by atoms with Gasteiger partial charge < -0.3 is 0 Å². The van der Waals surface area contributed by atoms with Crippen molar-refractivity contribution in [1.82, 2.24) is 24.9 Å². The van der Waals surface area contributed by atoms with Crippen LogP contribution in [0.5, 0.6) is 0 Å². The highest BCUT2D eigenvalue weighted by atomic mass is 32.1.